The molecule has 0 aliphatic heterocycles. The number of hydrogen-bond acceptors (Lipinski definition) is 4. The van der Waals surface area contributed by atoms with Gasteiger partial charge >= 0.3 is 0 Å². The summed E-state index contributed by atoms with van der Waals surface area (Å²) < 4.78 is 2.62. The Hall–Kier alpha value is -1.43. The zero-order valence-corrected chi connectivity index (χ0v) is 13.2. The van der Waals surface area contributed by atoms with Crippen molar-refractivity contribution in [3.8, 4) is 0 Å². The van der Waals surface area contributed by atoms with E-state index in [2.05, 4.69) is 50.2 Å². The minimum absolute atomic E-state index is 0.304. The van der Waals surface area contributed by atoms with E-state index in [4.69, 9.17) is 0 Å². The summed E-state index contributed by atoms with van der Waals surface area (Å²) in [5.41, 5.74) is 2.20. The Labute approximate surface area is 121 Å². The number of nitrogens with one attached hydrogen (secondary N) is 1. The van der Waals surface area contributed by atoms with Crippen LogP contribution in [0.25, 0.3) is 0 Å². The normalized spacial score (nSPS) is 11.1. The molecule has 0 amide bonds. The summed E-state index contributed by atoms with van der Waals surface area (Å²) in [6.45, 7) is 6.88. The van der Waals surface area contributed by atoms with Crippen LogP contribution in [0.15, 0.2) is 16.9 Å². The molecule has 0 bridgehead atoms. The van der Waals surface area contributed by atoms with Gasteiger partial charge in [-0.1, -0.05) is 13.8 Å². The van der Waals surface area contributed by atoms with Gasteiger partial charge in [0.1, 0.15) is 16.2 Å². The number of hydrogen-bond donors (Lipinski definition) is 1. The van der Waals surface area contributed by atoms with E-state index in [0.717, 1.165) is 21.9 Å². The maximum absolute atomic E-state index is 4.51. The molecule has 0 saturated carbocycles. The third-order valence-corrected chi connectivity index (χ3v) is 3.21. The third kappa shape index (κ3) is 3.53. The Kier molecular flexibility index (Phi) is 4.19. The van der Waals surface area contributed by atoms with Crippen LogP contribution in [-0.2, 0) is 13.6 Å². The molecule has 0 radical (unpaired) electrons. The van der Waals surface area contributed by atoms with Crippen molar-refractivity contribution >= 4 is 21.7 Å². The number of nitrogens with zero attached hydrogens (tertiary/aromatic N) is 4. The fourth-order valence-corrected chi connectivity index (χ4v) is 2.19. The molecule has 0 spiro atoms. The largest absolute Gasteiger partial charge is 0.366 e. The molecule has 0 fully saturated rings. The van der Waals surface area contributed by atoms with Gasteiger partial charge in [-0.2, -0.15) is 5.10 Å². The third-order valence-electron chi connectivity index (χ3n) is 2.80. The Bertz CT molecular complexity index is 576. The lowest BCUT2D eigenvalue weighted by Gasteiger charge is -2.09. The van der Waals surface area contributed by atoms with E-state index in [9.17, 15) is 0 Å². The molecule has 2 rings (SSSR count). The van der Waals surface area contributed by atoms with Gasteiger partial charge in [-0.3, -0.25) is 4.68 Å². The molecular formula is C13H18BrN5. The van der Waals surface area contributed by atoms with Crippen LogP contribution in [0.1, 0.15) is 36.8 Å². The first-order chi connectivity index (χ1) is 8.95. The first-order valence-corrected chi connectivity index (χ1v) is 7.02. The molecular weight excluding hydrogens is 306 g/mol. The first-order valence-electron chi connectivity index (χ1n) is 6.23. The molecule has 2 heterocycles. The Morgan fingerprint density at radius 3 is 2.68 bits per heavy atom. The lowest BCUT2D eigenvalue weighted by Crippen LogP contribution is -2.06. The summed E-state index contributed by atoms with van der Waals surface area (Å²) >= 11 is 3.42. The zero-order chi connectivity index (χ0) is 14.0. The van der Waals surface area contributed by atoms with Crippen LogP contribution in [0.3, 0.4) is 0 Å². The topological polar surface area (TPSA) is 55.6 Å². The second-order valence-electron chi connectivity index (χ2n) is 4.86. The van der Waals surface area contributed by atoms with E-state index in [-0.39, 0.29) is 0 Å². The first kappa shape index (κ1) is 14.0. The van der Waals surface area contributed by atoms with E-state index in [1.54, 1.807) is 0 Å². The molecule has 5 nitrogen and oxygen atoms in total. The standard InChI is InChI=1S/C13H18BrN5/c1-8(2)13-16-11(14)5-12(17-13)15-6-10-7-19(4)18-9(10)3/h5,7-8H,6H2,1-4H3,(H,15,16,17). The van der Waals surface area contributed by atoms with Gasteiger partial charge in [0.05, 0.1) is 5.69 Å². The predicted octanol–water partition coefficient (Wildman–Crippen LogP) is 3.02. The molecule has 0 unspecified atom stereocenters. The summed E-state index contributed by atoms with van der Waals surface area (Å²) in [4.78, 5) is 8.86. The van der Waals surface area contributed by atoms with Crippen LogP contribution in [0.5, 0.6) is 0 Å². The van der Waals surface area contributed by atoms with E-state index in [1.165, 1.54) is 5.56 Å². The van der Waals surface area contributed by atoms with Gasteiger partial charge in [-0.05, 0) is 22.9 Å². The minimum atomic E-state index is 0.304. The number of aromatic nitrogens is 4. The SMILES string of the molecule is Cc1nn(C)cc1CNc1cc(Br)nc(C(C)C)n1. The van der Waals surface area contributed by atoms with Gasteiger partial charge < -0.3 is 5.32 Å². The van der Waals surface area contributed by atoms with Crippen LogP contribution in [-0.4, -0.2) is 19.7 Å². The van der Waals surface area contributed by atoms with Gasteiger partial charge in [0, 0.05) is 37.3 Å². The lowest BCUT2D eigenvalue weighted by atomic mass is 10.2. The molecule has 0 aromatic carbocycles. The average molecular weight is 324 g/mol. The van der Waals surface area contributed by atoms with Crippen molar-refractivity contribution in [1.82, 2.24) is 19.7 Å². The van der Waals surface area contributed by atoms with E-state index in [0.29, 0.717) is 12.5 Å². The van der Waals surface area contributed by atoms with Crippen molar-refractivity contribution in [2.45, 2.75) is 33.2 Å². The fraction of sp³-hybridized carbons (Fsp3) is 0.462. The molecule has 102 valence electrons. The average Bonchev–Trinajstić information content (AvgIpc) is 2.64. The Morgan fingerprint density at radius 1 is 1.37 bits per heavy atom. The smallest absolute Gasteiger partial charge is 0.134 e. The van der Waals surface area contributed by atoms with E-state index >= 15 is 0 Å². The van der Waals surface area contributed by atoms with Gasteiger partial charge in [-0.15, -0.1) is 0 Å². The maximum atomic E-state index is 4.51. The van der Waals surface area contributed by atoms with Crippen molar-refractivity contribution < 1.29 is 0 Å². The molecule has 1 N–H and O–H groups in total. The highest BCUT2D eigenvalue weighted by Gasteiger charge is 2.08. The summed E-state index contributed by atoms with van der Waals surface area (Å²) in [6, 6.07) is 1.89. The molecule has 0 aliphatic carbocycles. The molecule has 6 heteroatoms. The highest BCUT2D eigenvalue weighted by Crippen LogP contribution is 2.18. The predicted molar refractivity (Wildman–Crippen MR) is 79.1 cm³/mol. The van der Waals surface area contributed by atoms with Gasteiger partial charge in [0.25, 0.3) is 0 Å². The molecule has 0 saturated heterocycles. The lowest BCUT2D eigenvalue weighted by molar-refractivity contribution is 0.756. The van der Waals surface area contributed by atoms with Crippen molar-refractivity contribution in [3.63, 3.8) is 0 Å². The van der Waals surface area contributed by atoms with Crippen LogP contribution >= 0.6 is 15.9 Å². The van der Waals surface area contributed by atoms with Gasteiger partial charge in [0.15, 0.2) is 0 Å². The Balaban J connectivity index is 2.13. The monoisotopic (exact) mass is 323 g/mol. The maximum Gasteiger partial charge on any atom is 0.134 e. The number of rotatable bonds is 4. The molecule has 0 atom stereocenters. The quantitative estimate of drug-likeness (QED) is 0.879. The number of anilines is 1. The molecule has 2 aromatic heterocycles. The molecule has 19 heavy (non-hydrogen) atoms. The van der Waals surface area contributed by atoms with Crippen molar-refractivity contribution in [3.05, 3.63) is 33.9 Å². The highest BCUT2D eigenvalue weighted by molar-refractivity contribution is 9.10. The molecule has 2 aromatic rings. The van der Waals surface area contributed by atoms with Crippen LogP contribution in [0.2, 0.25) is 0 Å². The van der Waals surface area contributed by atoms with E-state index in [1.807, 2.05) is 30.9 Å². The van der Waals surface area contributed by atoms with Crippen LogP contribution < -0.4 is 5.32 Å². The summed E-state index contributed by atoms with van der Waals surface area (Å²) in [7, 11) is 1.93. The van der Waals surface area contributed by atoms with Crippen molar-refractivity contribution in [2.75, 3.05) is 5.32 Å². The van der Waals surface area contributed by atoms with Crippen LogP contribution in [0.4, 0.5) is 5.82 Å². The number of halogens is 1. The van der Waals surface area contributed by atoms with E-state index < -0.39 is 0 Å². The second kappa shape index (κ2) is 5.69. The van der Waals surface area contributed by atoms with Crippen LogP contribution in [0, 0.1) is 6.92 Å². The summed E-state index contributed by atoms with van der Waals surface area (Å²) in [6.07, 6.45) is 2.02. The zero-order valence-electron chi connectivity index (χ0n) is 11.6. The number of aryl methyl sites for hydroxylation is 2. The second-order valence-corrected chi connectivity index (χ2v) is 5.67. The summed E-state index contributed by atoms with van der Waals surface area (Å²) in [5.74, 6) is 1.96. The van der Waals surface area contributed by atoms with Crippen molar-refractivity contribution in [2.24, 2.45) is 7.05 Å². The Morgan fingerprint density at radius 2 is 2.11 bits per heavy atom. The highest BCUT2D eigenvalue weighted by atomic mass is 79.9. The minimum Gasteiger partial charge on any atom is -0.366 e. The van der Waals surface area contributed by atoms with Gasteiger partial charge in [0.2, 0.25) is 0 Å². The van der Waals surface area contributed by atoms with Gasteiger partial charge in [-0.25, -0.2) is 9.97 Å². The molecule has 0 aliphatic rings. The summed E-state index contributed by atoms with van der Waals surface area (Å²) in [5, 5.41) is 7.64. The fourth-order valence-electron chi connectivity index (χ4n) is 1.79. The van der Waals surface area contributed by atoms with Crippen molar-refractivity contribution in [1.29, 1.82) is 0 Å².